The summed E-state index contributed by atoms with van der Waals surface area (Å²) in [5, 5.41) is 17.4. The molecule has 0 spiro atoms. The van der Waals surface area contributed by atoms with E-state index in [4.69, 9.17) is 0 Å². The highest BCUT2D eigenvalue weighted by molar-refractivity contribution is 6.14. The second-order valence-corrected chi connectivity index (χ2v) is 10.8. The molecule has 42 heavy (non-hydrogen) atoms. The van der Waals surface area contributed by atoms with Crippen LogP contribution < -0.4 is 10.6 Å². The topological polar surface area (TPSA) is 24.1 Å². The van der Waals surface area contributed by atoms with Crippen molar-refractivity contribution in [2.75, 3.05) is 10.6 Å². The zero-order valence-electron chi connectivity index (χ0n) is 23.0. The molecule has 0 saturated heterocycles. The van der Waals surface area contributed by atoms with Gasteiger partial charge in [-0.1, -0.05) is 121 Å². The van der Waals surface area contributed by atoms with Crippen molar-refractivity contribution in [2.45, 2.75) is 0 Å². The van der Waals surface area contributed by atoms with Crippen molar-refractivity contribution in [2.24, 2.45) is 0 Å². The fourth-order valence-electron chi connectivity index (χ4n) is 6.14. The van der Waals surface area contributed by atoms with Gasteiger partial charge in [0.1, 0.15) is 0 Å². The quantitative estimate of drug-likeness (QED) is 0.229. The maximum atomic E-state index is 3.81. The smallest absolute Gasteiger partial charge is 0.0471 e. The largest absolute Gasteiger partial charge is 0.355 e. The summed E-state index contributed by atoms with van der Waals surface area (Å²) in [5.74, 6) is 0. The molecule has 0 bridgehead atoms. The molecular formula is C40H28N2. The van der Waals surface area contributed by atoms with E-state index >= 15 is 0 Å². The van der Waals surface area contributed by atoms with E-state index in [2.05, 4.69) is 168 Å². The summed E-state index contributed by atoms with van der Waals surface area (Å²) in [5.41, 5.74) is 6.63. The van der Waals surface area contributed by atoms with Crippen LogP contribution in [0.2, 0.25) is 0 Å². The maximum absolute atomic E-state index is 3.81. The Kier molecular flexibility index (Phi) is 5.82. The molecule has 2 nitrogen and oxygen atoms in total. The van der Waals surface area contributed by atoms with Gasteiger partial charge in [0, 0.05) is 33.9 Å². The zero-order chi connectivity index (χ0) is 27.9. The van der Waals surface area contributed by atoms with Gasteiger partial charge in [-0.3, -0.25) is 0 Å². The van der Waals surface area contributed by atoms with Crippen LogP contribution in [0.5, 0.6) is 0 Å². The molecule has 0 aliphatic rings. The number of anilines is 4. The summed E-state index contributed by atoms with van der Waals surface area (Å²) in [6, 6.07) is 56.3. The highest BCUT2D eigenvalue weighted by atomic mass is 14.9. The first-order valence-electron chi connectivity index (χ1n) is 14.4. The van der Waals surface area contributed by atoms with Crippen LogP contribution in [0, 0.1) is 0 Å². The Morgan fingerprint density at radius 3 is 1.10 bits per heavy atom. The molecule has 0 atom stereocenters. The average Bonchev–Trinajstić information content (AvgIpc) is 3.05. The molecule has 8 aromatic rings. The van der Waals surface area contributed by atoms with E-state index in [1.807, 2.05) is 0 Å². The third-order valence-corrected chi connectivity index (χ3v) is 8.16. The van der Waals surface area contributed by atoms with Gasteiger partial charge >= 0.3 is 0 Å². The third-order valence-electron chi connectivity index (χ3n) is 8.16. The number of fused-ring (bicyclic) bond motifs is 4. The van der Waals surface area contributed by atoms with Crippen LogP contribution in [0.3, 0.4) is 0 Å². The van der Waals surface area contributed by atoms with E-state index < -0.39 is 0 Å². The van der Waals surface area contributed by atoms with Crippen molar-refractivity contribution in [3.8, 4) is 11.1 Å². The number of nitrogens with one attached hydrogen (secondary N) is 2. The Morgan fingerprint density at radius 2 is 0.643 bits per heavy atom. The summed E-state index contributed by atoms with van der Waals surface area (Å²) < 4.78 is 0. The molecule has 0 aromatic heterocycles. The molecule has 0 unspecified atom stereocenters. The van der Waals surface area contributed by atoms with Crippen molar-refractivity contribution >= 4 is 65.8 Å². The Labute approximate surface area is 244 Å². The van der Waals surface area contributed by atoms with Gasteiger partial charge in [-0.15, -0.1) is 0 Å². The monoisotopic (exact) mass is 536 g/mol. The second-order valence-electron chi connectivity index (χ2n) is 10.8. The molecule has 8 rings (SSSR count). The van der Waals surface area contributed by atoms with Gasteiger partial charge in [0.2, 0.25) is 0 Å². The lowest BCUT2D eigenvalue weighted by atomic mass is 9.90. The van der Waals surface area contributed by atoms with E-state index in [1.54, 1.807) is 0 Å². The number of benzene rings is 8. The predicted molar refractivity (Wildman–Crippen MR) is 181 cm³/mol. The molecule has 2 N–H and O–H groups in total. The van der Waals surface area contributed by atoms with E-state index in [1.165, 1.54) is 54.2 Å². The van der Waals surface area contributed by atoms with Crippen LogP contribution in [-0.4, -0.2) is 0 Å². The lowest BCUT2D eigenvalue weighted by Gasteiger charge is -2.21. The van der Waals surface area contributed by atoms with Crippen molar-refractivity contribution < 1.29 is 0 Å². The fourth-order valence-corrected chi connectivity index (χ4v) is 6.14. The van der Waals surface area contributed by atoms with Crippen LogP contribution in [0.25, 0.3) is 54.2 Å². The number of hydrogen-bond acceptors (Lipinski definition) is 2. The summed E-state index contributed by atoms with van der Waals surface area (Å²) in [7, 11) is 0. The standard InChI is InChI=1S/C40H28N2/c1-3-13-31-25-33(21-17-27(31)9-1)41-37-23-19-29-11-5-7-15-35(29)39(37)40-36-16-8-6-12-30(36)20-24-38(40)42-34-22-18-28-10-2-4-14-32(28)26-34/h1-26,41-42H. The number of hydrogen-bond donors (Lipinski definition) is 2. The van der Waals surface area contributed by atoms with Gasteiger partial charge in [-0.25, -0.2) is 0 Å². The minimum Gasteiger partial charge on any atom is -0.355 e. The van der Waals surface area contributed by atoms with E-state index in [9.17, 15) is 0 Å². The first-order valence-corrected chi connectivity index (χ1v) is 14.4. The molecule has 0 fully saturated rings. The molecule has 0 aliphatic heterocycles. The van der Waals surface area contributed by atoms with Crippen LogP contribution in [-0.2, 0) is 0 Å². The number of rotatable bonds is 5. The van der Waals surface area contributed by atoms with E-state index in [0.29, 0.717) is 0 Å². The van der Waals surface area contributed by atoms with Gasteiger partial charge in [0.15, 0.2) is 0 Å². The van der Waals surface area contributed by atoms with Crippen LogP contribution in [0.4, 0.5) is 22.7 Å². The summed E-state index contributed by atoms with van der Waals surface area (Å²) in [6.45, 7) is 0. The van der Waals surface area contributed by atoms with Crippen molar-refractivity contribution in [1.29, 1.82) is 0 Å². The van der Waals surface area contributed by atoms with Crippen LogP contribution in [0.15, 0.2) is 158 Å². The van der Waals surface area contributed by atoms with Gasteiger partial charge in [-0.05, 0) is 79.5 Å². The maximum Gasteiger partial charge on any atom is 0.0471 e. The Balaban J connectivity index is 1.36. The van der Waals surface area contributed by atoms with E-state index in [-0.39, 0.29) is 0 Å². The van der Waals surface area contributed by atoms with Crippen molar-refractivity contribution in [1.82, 2.24) is 0 Å². The molecule has 0 amide bonds. The predicted octanol–water partition coefficient (Wildman–Crippen LogP) is 11.5. The lowest BCUT2D eigenvalue weighted by Crippen LogP contribution is -1.99. The van der Waals surface area contributed by atoms with E-state index in [0.717, 1.165) is 22.7 Å². The van der Waals surface area contributed by atoms with Crippen molar-refractivity contribution in [3.05, 3.63) is 158 Å². The minimum atomic E-state index is 1.06. The summed E-state index contributed by atoms with van der Waals surface area (Å²) in [6.07, 6.45) is 0. The Morgan fingerprint density at radius 1 is 0.286 bits per heavy atom. The summed E-state index contributed by atoms with van der Waals surface area (Å²) >= 11 is 0. The lowest BCUT2D eigenvalue weighted by molar-refractivity contribution is 1.55. The molecule has 0 heterocycles. The minimum absolute atomic E-state index is 1.06. The zero-order valence-corrected chi connectivity index (χ0v) is 23.0. The van der Waals surface area contributed by atoms with Gasteiger partial charge in [0.25, 0.3) is 0 Å². The molecule has 198 valence electrons. The third kappa shape index (κ3) is 4.31. The molecule has 0 aliphatic carbocycles. The van der Waals surface area contributed by atoms with Gasteiger partial charge < -0.3 is 10.6 Å². The second kappa shape index (κ2) is 10.1. The highest BCUT2D eigenvalue weighted by Gasteiger charge is 2.18. The molecular weight excluding hydrogens is 508 g/mol. The Bertz CT molecular complexity index is 2100. The first-order chi connectivity index (χ1) is 20.8. The van der Waals surface area contributed by atoms with Crippen LogP contribution in [0.1, 0.15) is 0 Å². The molecule has 0 radical (unpaired) electrons. The average molecular weight is 537 g/mol. The van der Waals surface area contributed by atoms with Gasteiger partial charge in [0.05, 0.1) is 0 Å². The molecule has 8 aromatic carbocycles. The van der Waals surface area contributed by atoms with Crippen molar-refractivity contribution in [3.63, 3.8) is 0 Å². The van der Waals surface area contributed by atoms with Crippen LogP contribution >= 0.6 is 0 Å². The normalized spacial score (nSPS) is 11.3. The fraction of sp³-hybridized carbons (Fsp3) is 0. The molecule has 0 saturated carbocycles. The SMILES string of the molecule is c1ccc2cc(Nc3ccc4ccccc4c3-c3c(Nc4ccc5ccccc5c4)ccc4ccccc34)ccc2c1. The highest BCUT2D eigenvalue weighted by Crippen LogP contribution is 2.45. The first kappa shape index (κ1) is 24.2. The molecule has 2 heteroatoms. The summed E-state index contributed by atoms with van der Waals surface area (Å²) in [4.78, 5) is 0. The Hall–Kier alpha value is -5.60. The van der Waals surface area contributed by atoms with Gasteiger partial charge in [-0.2, -0.15) is 0 Å².